The Morgan fingerprint density at radius 1 is 1.46 bits per heavy atom. The van der Waals surface area contributed by atoms with E-state index in [0.717, 1.165) is 30.8 Å². The van der Waals surface area contributed by atoms with Crippen molar-refractivity contribution in [3.8, 4) is 0 Å². The van der Waals surface area contributed by atoms with Gasteiger partial charge in [0.1, 0.15) is 10.7 Å². The predicted octanol–water partition coefficient (Wildman–Crippen LogP) is 3.14. The highest BCUT2D eigenvalue weighted by Gasteiger charge is 2.31. The lowest BCUT2D eigenvalue weighted by Gasteiger charge is -2.36. The largest absolute Gasteiger partial charge is 0.357 e. The molecule has 24 heavy (non-hydrogen) atoms. The molecular formula is C16H18N4O3S. The van der Waals surface area contributed by atoms with Crippen LogP contribution in [0, 0.1) is 10.1 Å². The number of hydrogen-bond donors (Lipinski definition) is 1. The monoisotopic (exact) mass is 346 g/mol. The van der Waals surface area contributed by atoms with Crippen LogP contribution in [0.5, 0.6) is 0 Å². The lowest BCUT2D eigenvalue weighted by atomic mass is 10.0. The molecule has 0 radical (unpaired) electrons. The van der Waals surface area contributed by atoms with Gasteiger partial charge in [-0.25, -0.2) is 4.98 Å². The fourth-order valence-electron chi connectivity index (χ4n) is 3.07. The normalized spacial score (nSPS) is 17.5. The minimum atomic E-state index is -0.421. The van der Waals surface area contributed by atoms with Crippen LogP contribution in [0.2, 0.25) is 0 Å². The lowest BCUT2D eigenvalue weighted by Crippen LogP contribution is -2.33. The number of thiazole rings is 1. The van der Waals surface area contributed by atoms with E-state index < -0.39 is 4.92 Å². The second-order valence-electron chi connectivity index (χ2n) is 5.62. The molecule has 0 saturated carbocycles. The first kappa shape index (κ1) is 16.4. The van der Waals surface area contributed by atoms with Crippen molar-refractivity contribution in [3.05, 3.63) is 50.5 Å². The molecule has 1 aliphatic heterocycles. The molecule has 0 spiro atoms. The maximum atomic E-state index is 11.8. The van der Waals surface area contributed by atoms with Gasteiger partial charge in [-0.05, 0) is 31.4 Å². The van der Waals surface area contributed by atoms with Crippen molar-refractivity contribution in [1.29, 1.82) is 0 Å². The van der Waals surface area contributed by atoms with E-state index in [1.54, 1.807) is 29.7 Å². The van der Waals surface area contributed by atoms with Gasteiger partial charge < -0.3 is 10.2 Å². The molecule has 1 aromatic carbocycles. The number of nitrogens with zero attached hydrogens (tertiary/aromatic N) is 3. The van der Waals surface area contributed by atoms with Gasteiger partial charge in [0.05, 0.1) is 11.0 Å². The van der Waals surface area contributed by atoms with Gasteiger partial charge >= 0.3 is 0 Å². The molecule has 2 heterocycles. The zero-order chi connectivity index (χ0) is 17.1. The number of anilines is 1. The number of nitrogens with one attached hydrogen (secondary N) is 1. The molecule has 3 rings (SSSR count). The van der Waals surface area contributed by atoms with Crippen LogP contribution < -0.4 is 10.2 Å². The van der Waals surface area contributed by atoms with E-state index in [-0.39, 0.29) is 23.2 Å². The first-order valence-corrected chi connectivity index (χ1v) is 8.66. The van der Waals surface area contributed by atoms with Crippen molar-refractivity contribution in [1.82, 2.24) is 10.3 Å². The Balaban J connectivity index is 2.03. The van der Waals surface area contributed by atoms with Crippen molar-refractivity contribution in [2.24, 2.45) is 0 Å². The van der Waals surface area contributed by atoms with Crippen LogP contribution in [0.3, 0.4) is 0 Å². The van der Waals surface area contributed by atoms with Gasteiger partial charge in [0, 0.05) is 36.8 Å². The molecular weight excluding hydrogens is 328 g/mol. The van der Waals surface area contributed by atoms with Gasteiger partial charge in [-0.3, -0.25) is 14.9 Å². The Kier molecular flexibility index (Phi) is 4.75. The summed E-state index contributed by atoms with van der Waals surface area (Å²) in [6.07, 6.45) is 4.73. The smallest absolute Gasteiger partial charge is 0.293 e. The van der Waals surface area contributed by atoms with Crippen molar-refractivity contribution in [3.63, 3.8) is 0 Å². The fraction of sp³-hybridized carbons (Fsp3) is 0.375. The number of hydrogen-bond acceptors (Lipinski definition) is 6. The summed E-state index contributed by atoms with van der Waals surface area (Å²) in [5.41, 5.74) is 0.794. The summed E-state index contributed by atoms with van der Waals surface area (Å²) in [5, 5.41) is 16.9. The molecule has 1 aromatic heterocycles. The third kappa shape index (κ3) is 3.09. The van der Waals surface area contributed by atoms with E-state index in [4.69, 9.17) is 0 Å². The molecule has 1 atom stereocenters. The van der Waals surface area contributed by atoms with Crippen molar-refractivity contribution in [2.45, 2.75) is 25.3 Å². The predicted molar refractivity (Wildman–Crippen MR) is 92.5 cm³/mol. The molecule has 1 saturated heterocycles. The highest BCUT2D eigenvalue weighted by molar-refractivity contribution is 7.09. The fourth-order valence-corrected chi connectivity index (χ4v) is 3.86. The highest BCUT2D eigenvalue weighted by atomic mass is 32.1. The van der Waals surface area contributed by atoms with E-state index in [2.05, 4.69) is 10.3 Å². The summed E-state index contributed by atoms with van der Waals surface area (Å²) in [5.74, 6) is -0.334. The number of amides is 1. The number of aromatic nitrogens is 1. The van der Waals surface area contributed by atoms with Crippen LogP contribution in [0.1, 0.15) is 40.7 Å². The van der Waals surface area contributed by atoms with Crippen LogP contribution >= 0.6 is 11.3 Å². The van der Waals surface area contributed by atoms with E-state index in [1.807, 2.05) is 10.3 Å². The molecule has 126 valence electrons. The van der Waals surface area contributed by atoms with Crippen molar-refractivity contribution >= 4 is 28.6 Å². The molecule has 8 heteroatoms. The van der Waals surface area contributed by atoms with E-state index in [9.17, 15) is 14.9 Å². The van der Waals surface area contributed by atoms with Crippen LogP contribution in [0.25, 0.3) is 0 Å². The Labute approximate surface area is 143 Å². The molecule has 0 bridgehead atoms. The highest BCUT2D eigenvalue weighted by Crippen LogP contribution is 2.40. The van der Waals surface area contributed by atoms with Gasteiger partial charge in [0.15, 0.2) is 0 Å². The summed E-state index contributed by atoms with van der Waals surface area (Å²) >= 11 is 1.57. The minimum absolute atomic E-state index is 0.0421. The quantitative estimate of drug-likeness (QED) is 0.679. The maximum absolute atomic E-state index is 11.8. The van der Waals surface area contributed by atoms with E-state index >= 15 is 0 Å². The van der Waals surface area contributed by atoms with Crippen molar-refractivity contribution < 1.29 is 9.72 Å². The number of benzene rings is 1. The van der Waals surface area contributed by atoms with E-state index in [0.29, 0.717) is 5.69 Å². The van der Waals surface area contributed by atoms with Crippen LogP contribution in [0.15, 0.2) is 29.8 Å². The second-order valence-corrected chi connectivity index (χ2v) is 6.54. The first-order chi connectivity index (χ1) is 11.6. The number of carbonyl (C=O) groups excluding carboxylic acids is 1. The first-order valence-electron chi connectivity index (χ1n) is 7.78. The second kappa shape index (κ2) is 6.96. The third-order valence-corrected chi connectivity index (χ3v) is 5.09. The van der Waals surface area contributed by atoms with Gasteiger partial charge in [-0.1, -0.05) is 0 Å². The Bertz CT molecular complexity index is 748. The SMILES string of the molecule is CNC(=O)c1ccc(N2CCCC[C@H]2c2nccs2)c([N+](=O)[O-])c1. The standard InChI is InChI=1S/C16H18N4O3S/c1-17-15(21)11-5-6-12(14(10-11)20(22)23)19-8-3-2-4-13(19)16-18-7-9-24-16/h5-7,9-10,13H,2-4,8H2,1H3,(H,17,21)/t13-/m0/s1. The molecule has 1 N–H and O–H groups in total. The Morgan fingerprint density at radius 2 is 2.29 bits per heavy atom. The number of piperidine rings is 1. The Morgan fingerprint density at radius 3 is 2.96 bits per heavy atom. The van der Waals surface area contributed by atoms with E-state index in [1.165, 1.54) is 13.1 Å². The van der Waals surface area contributed by atoms with Gasteiger partial charge in [-0.15, -0.1) is 11.3 Å². The summed E-state index contributed by atoms with van der Waals surface area (Å²) < 4.78 is 0. The number of nitro benzene ring substituents is 1. The average Bonchev–Trinajstić information content (AvgIpc) is 3.15. The third-order valence-electron chi connectivity index (χ3n) is 4.21. The molecule has 1 fully saturated rings. The molecule has 2 aromatic rings. The van der Waals surface area contributed by atoms with Gasteiger partial charge in [0.25, 0.3) is 11.6 Å². The van der Waals surface area contributed by atoms with Crippen LogP contribution in [-0.2, 0) is 0 Å². The average molecular weight is 346 g/mol. The topological polar surface area (TPSA) is 88.4 Å². The summed E-state index contributed by atoms with van der Waals surface area (Å²) in [7, 11) is 1.51. The maximum Gasteiger partial charge on any atom is 0.293 e. The van der Waals surface area contributed by atoms with Crippen LogP contribution in [0.4, 0.5) is 11.4 Å². The zero-order valence-electron chi connectivity index (χ0n) is 13.3. The molecule has 1 amide bonds. The summed E-state index contributed by atoms with van der Waals surface area (Å²) in [4.78, 5) is 29.3. The number of carbonyl (C=O) groups is 1. The molecule has 0 aliphatic carbocycles. The molecule has 1 aliphatic rings. The zero-order valence-corrected chi connectivity index (χ0v) is 14.1. The minimum Gasteiger partial charge on any atom is -0.357 e. The van der Waals surface area contributed by atoms with Gasteiger partial charge in [0.2, 0.25) is 0 Å². The van der Waals surface area contributed by atoms with Gasteiger partial charge in [-0.2, -0.15) is 0 Å². The number of rotatable bonds is 4. The lowest BCUT2D eigenvalue weighted by molar-refractivity contribution is -0.384. The van der Waals surface area contributed by atoms with Crippen LogP contribution in [-0.4, -0.2) is 29.4 Å². The molecule has 7 nitrogen and oxygen atoms in total. The Hall–Kier alpha value is -2.48. The number of nitro groups is 1. The van der Waals surface area contributed by atoms with Crippen molar-refractivity contribution in [2.75, 3.05) is 18.5 Å². The molecule has 0 unspecified atom stereocenters. The summed E-state index contributed by atoms with van der Waals surface area (Å²) in [6, 6.07) is 4.70. The summed E-state index contributed by atoms with van der Waals surface area (Å²) in [6.45, 7) is 0.740.